The average Bonchev–Trinajstić information content (AvgIpc) is 2.83. The lowest BCUT2D eigenvalue weighted by Gasteiger charge is -2.18. The lowest BCUT2D eigenvalue weighted by molar-refractivity contribution is -0.116. The standard InChI is InChI=1S/C27H29N3O2/c1-3-4-15-25(31)28-24-18-16-23(17-19-24)27(32)30-29-20(2)26(21-11-7-5-8-12-21)22-13-9-6-10-14-22/h5-14,16-19,26H,3-4,15H2,1-2H3,(H,28,31)(H,30,32)/b29-20+. The van der Waals surface area contributed by atoms with E-state index < -0.39 is 0 Å². The molecule has 2 amide bonds. The molecule has 0 aliphatic heterocycles. The average molecular weight is 428 g/mol. The highest BCUT2D eigenvalue weighted by Crippen LogP contribution is 2.26. The van der Waals surface area contributed by atoms with E-state index in [9.17, 15) is 9.59 Å². The van der Waals surface area contributed by atoms with Gasteiger partial charge in [0, 0.05) is 29.3 Å². The number of nitrogens with zero attached hydrogens (tertiary/aromatic N) is 1. The fraction of sp³-hybridized carbons (Fsp3) is 0.222. The van der Waals surface area contributed by atoms with Gasteiger partial charge in [-0.3, -0.25) is 9.59 Å². The first-order valence-corrected chi connectivity index (χ1v) is 10.9. The summed E-state index contributed by atoms with van der Waals surface area (Å²) < 4.78 is 0. The maximum Gasteiger partial charge on any atom is 0.271 e. The van der Waals surface area contributed by atoms with E-state index in [0.717, 1.165) is 29.7 Å². The Morgan fingerprint density at radius 3 is 1.94 bits per heavy atom. The molecule has 3 rings (SSSR count). The van der Waals surface area contributed by atoms with E-state index in [-0.39, 0.29) is 17.7 Å². The van der Waals surface area contributed by atoms with Crippen LogP contribution in [0.5, 0.6) is 0 Å². The monoisotopic (exact) mass is 427 g/mol. The summed E-state index contributed by atoms with van der Waals surface area (Å²) in [6.07, 6.45) is 2.33. The Hall–Kier alpha value is -3.73. The van der Waals surface area contributed by atoms with E-state index >= 15 is 0 Å². The zero-order valence-corrected chi connectivity index (χ0v) is 18.5. The van der Waals surface area contributed by atoms with Crippen molar-refractivity contribution < 1.29 is 9.59 Å². The molecule has 0 saturated carbocycles. The van der Waals surface area contributed by atoms with Crippen LogP contribution < -0.4 is 10.7 Å². The van der Waals surface area contributed by atoms with Crippen molar-refractivity contribution in [1.29, 1.82) is 0 Å². The normalized spacial score (nSPS) is 11.3. The van der Waals surface area contributed by atoms with Gasteiger partial charge in [0.15, 0.2) is 0 Å². The fourth-order valence-electron chi connectivity index (χ4n) is 3.50. The minimum Gasteiger partial charge on any atom is -0.326 e. The topological polar surface area (TPSA) is 70.6 Å². The highest BCUT2D eigenvalue weighted by molar-refractivity contribution is 5.98. The van der Waals surface area contributed by atoms with E-state index in [2.05, 4.69) is 40.1 Å². The molecule has 0 saturated heterocycles. The molecule has 0 aliphatic carbocycles. The van der Waals surface area contributed by atoms with Gasteiger partial charge in [-0.25, -0.2) is 5.43 Å². The molecule has 0 spiro atoms. The zero-order chi connectivity index (χ0) is 22.8. The molecule has 5 heteroatoms. The third kappa shape index (κ3) is 6.38. The summed E-state index contributed by atoms with van der Waals surface area (Å²) in [7, 11) is 0. The van der Waals surface area contributed by atoms with Gasteiger partial charge in [0.25, 0.3) is 5.91 Å². The summed E-state index contributed by atoms with van der Waals surface area (Å²) in [5, 5.41) is 7.25. The van der Waals surface area contributed by atoms with Gasteiger partial charge in [0.2, 0.25) is 5.91 Å². The Bertz CT molecular complexity index is 1010. The molecule has 3 aromatic carbocycles. The largest absolute Gasteiger partial charge is 0.326 e. The van der Waals surface area contributed by atoms with Crippen LogP contribution in [0.15, 0.2) is 90.0 Å². The molecule has 0 aliphatic rings. The van der Waals surface area contributed by atoms with Crippen molar-refractivity contribution in [3.8, 4) is 0 Å². The minimum absolute atomic E-state index is 0.0165. The van der Waals surface area contributed by atoms with Gasteiger partial charge >= 0.3 is 0 Å². The lowest BCUT2D eigenvalue weighted by Crippen LogP contribution is -2.22. The third-order valence-corrected chi connectivity index (χ3v) is 5.21. The summed E-state index contributed by atoms with van der Waals surface area (Å²) in [5.74, 6) is -0.372. The predicted octanol–water partition coefficient (Wildman–Crippen LogP) is 5.75. The molecule has 5 nitrogen and oxygen atoms in total. The van der Waals surface area contributed by atoms with Crippen molar-refractivity contribution in [1.82, 2.24) is 5.43 Å². The van der Waals surface area contributed by atoms with Crippen LogP contribution in [0.1, 0.15) is 60.5 Å². The van der Waals surface area contributed by atoms with E-state index in [1.54, 1.807) is 24.3 Å². The first-order valence-electron chi connectivity index (χ1n) is 10.9. The molecule has 0 radical (unpaired) electrons. The molecule has 0 aromatic heterocycles. The number of anilines is 1. The van der Waals surface area contributed by atoms with Crippen LogP contribution in [0.25, 0.3) is 0 Å². The second kappa shape index (κ2) is 11.6. The van der Waals surface area contributed by atoms with E-state index in [1.165, 1.54) is 0 Å². The maximum atomic E-state index is 12.6. The van der Waals surface area contributed by atoms with Gasteiger partial charge in [-0.05, 0) is 48.7 Å². The second-order valence-corrected chi connectivity index (χ2v) is 7.68. The van der Waals surface area contributed by atoms with E-state index in [1.807, 2.05) is 50.2 Å². The van der Waals surface area contributed by atoms with E-state index in [0.29, 0.717) is 17.7 Å². The number of amides is 2. The van der Waals surface area contributed by atoms with Crippen LogP contribution in [-0.4, -0.2) is 17.5 Å². The summed E-state index contributed by atoms with van der Waals surface area (Å²) in [6, 6.07) is 27.0. The SMILES string of the molecule is CCCCC(=O)Nc1ccc(C(=O)N/N=C(\C)C(c2ccccc2)c2ccccc2)cc1. The van der Waals surface area contributed by atoms with Gasteiger partial charge < -0.3 is 5.32 Å². The molecule has 32 heavy (non-hydrogen) atoms. The Balaban J connectivity index is 1.70. The van der Waals surface area contributed by atoms with Crippen molar-refractivity contribution >= 4 is 23.2 Å². The lowest BCUT2D eigenvalue weighted by atomic mass is 9.88. The number of hydrazone groups is 1. The third-order valence-electron chi connectivity index (χ3n) is 5.21. The van der Waals surface area contributed by atoms with Crippen molar-refractivity contribution in [3.05, 3.63) is 102 Å². The number of carbonyl (C=O) groups is 2. The fourth-order valence-corrected chi connectivity index (χ4v) is 3.50. The quantitative estimate of drug-likeness (QED) is 0.337. The summed E-state index contributed by atoms with van der Waals surface area (Å²) in [4.78, 5) is 24.5. The van der Waals surface area contributed by atoms with Crippen molar-refractivity contribution in [2.75, 3.05) is 5.32 Å². The Morgan fingerprint density at radius 2 is 1.41 bits per heavy atom. The van der Waals surface area contributed by atoms with Crippen LogP contribution in [0.2, 0.25) is 0 Å². The van der Waals surface area contributed by atoms with Crippen LogP contribution >= 0.6 is 0 Å². The van der Waals surface area contributed by atoms with E-state index in [4.69, 9.17) is 0 Å². The molecule has 0 bridgehead atoms. The predicted molar refractivity (Wildman–Crippen MR) is 130 cm³/mol. The Labute approximate surface area is 189 Å². The number of nitrogens with one attached hydrogen (secondary N) is 2. The van der Waals surface area contributed by atoms with Crippen LogP contribution in [0, 0.1) is 0 Å². The maximum absolute atomic E-state index is 12.6. The first-order chi connectivity index (χ1) is 15.6. The summed E-state index contributed by atoms with van der Waals surface area (Å²) in [6.45, 7) is 3.96. The van der Waals surface area contributed by atoms with Crippen LogP contribution in [0.3, 0.4) is 0 Å². The van der Waals surface area contributed by atoms with Gasteiger partial charge in [-0.15, -0.1) is 0 Å². The molecule has 3 aromatic rings. The number of unbranched alkanes of at least 4 members (excludes halogenated alkanes) is 1. The van der Waals surface area contributed by atoms with Crippen molar-refractivity contribution in [2.45, 2.75) is 39.0 Å². The van der Waals surface area contributed by atoms with Gasteiger partial charge in [0.05, 0.1) is 0 Å². The highest BCUT2D eigenvalue weighted by atomic mass is 16.2. The molecular weight excluding hydrogens is 398 g/mol. The number of hydrogen-bond acceptors (Lipinski definition) is 3. The number of carbonyl (C=O) groups excluding carboxylic acids is 2. The van der Waals surface area contributed by atoms with Gasteiger partial charge in [-0.2, -0.15) is 5.10 Å². The number of benzene rings is 3. The molecule has 0 fully saturated rings. The second-order valence-electron chi connectivity index (χ2n) is 7.68. The molecule has 2 N–H and O–H groups in total. The molecule has 0 unspecified atom stereocenters. The smallest absolute Gasteiger partial charge is 0.271 e. The van der Waals surface area contributed by atoms with Crippen molar-refractivity contribution in [2.24, 2.45) is 5.10 Å². The van der Waals surface area contributed by atoms with Crippen LogP contribution in [-0.2, 0) is 4.79 Å². The van der Waals surface area contributed by atoms with Gasteiger partial charge in [0.1, 0.15) is 0 Å². The molecular formula is C27H29N3O2. The number of hydrogen-bond donors (Lipinski definition) is 2. The first kappa shape index (κ1) is 22.9. The Morgan fingerprint density at radius 1 is 0.844 bits per heavy atom. The Kier molecular flexibility index (Phi) is 8.32. The minimum atomic E-state index is -0.298. The molecule has 164 valence electrons. The highest BCUT2D eigenvalue weighted by Gasteiger charge is 2.18. The number of rotatable bonds is 9. The van der Waals surface area contributed by atoms with Gasteiger partial charge in [-0.1, -0.05) is 74.0 Å². The van der Waals surface area contributed by atoms with Crippen molar-refractivity contribution in [3.63, 3.8) is 0 Å². The summed E-state index contributed by atoms with van der Waals surface area (Å²) in [5.41, 5.74) is 6.83. The molecule has 0 heterocycles. The zero-order valence-electron chi connectivity index (χ0n) is 18.5. The molecule has 0 atom stereocenters. The summed E-state index contributed by atoms with van der Waals surface area (Å²) >= 11 is 0. The van der Waals surface area contributed by atoms with Crippen LogP contribution in [0.4, 0.5) is 5.69 Å².